The van der Waals surface area contributed by atoms with E-state index in [1.54, 1.807) is 12.1 Å². The molecule has 0 atom stereocenters. The van der Waals surface area contributed by atoms with Gasteiger partial charge in [-0.25, -0.2) is 9.97 Å². The Hall–Kier alpha value is -2.05. The first kappa shape index (κ1) is 15.3. The van der Waals surface area contributed by atoms with Crippen LogP contribution >= 0.6 is 0 Å². The molecule has 0 aliphatic carbocycles. The lowest BCUT2D eigenvalue weighted by Crippen LogP contribution is -2.27. The largest absolute Gasteiger partial charge is 0.497 e. The first-order chi connectivity index (χ1) is 9.60. The summed E-state index contributed by atoms with van der Waals surface area (Å²) >= 11 is 0. The molecule has 0 bridgehead atoms. The smallest absolute Gasteiger partial charge is 0.451 e. The lowest BCUT2D eigenvalue weighted by molar-refractivity contribution is -0.144. The average molecular weight is 299 g/mol. The molecule has 0 fully saturated rings. The van der Waals surface area contributed by atoms with Crippen LogP contribution in [0.4, 0.5) is 19.0 Å². The van der Waals surface area contributed by atoms with Gasteiger partial charge in [0, 0.05) is 17.0 Å². The first-order valence-electron chi connectivity index (χ1n) is 6.31. The van der Waals surface area contributed by atoms with Crippen molar-refractivity contribution >= 4 is 16.7 Å². The third-order valence-electron chi connectivity index (χ3n) is 2.65. The predicted molar refractivity (Wildman–Crippen MR) is 74.5 cm³/mol. The number of halogens is 3. The summed E-state index contributed by atoms with van der Waals surface area (Å²) < 4.78 is 43.8. The van der Waals surface area contributed by atoms with Crippen LogP contribution in [-0.4, -0.2) is 22.6 Å². The third kappa shape index (κ3) is 3.53. The molecule has 2 rings (SSSR count). The number of rotatable bonds is 2. The van der Waals surface area contributed by atoms with Gasteiger partial charge in [-0.2, -0.15) is 13.2 Å². The van der Waals surface area contributed by atoms with Gasteiger partial charge < -0.3 is 10.1 Å². The summed E-state index contributed by atoms with van der Waals surface area (Å²) in [5.74, 6) is -0.575. The van der Waals surface area contributed by atoms with Crippen molar-refractivity contribution in [3.05, 3.63) is 24.0 Å². The van der Waals surface area contributed by atoms with Crippen LogP contribution in [0.5, 0.6) is 5.75 Å². The number of hydrogen-bond donors (Lipinski definition) is 1. The highest BCUT2D eigenvalue weighted by molar-refractivity contribution is 5.90. The molecule has 0 amide bonds. The van der Waals surface area contributed by atoms with Crippen molar-refractivity contribution in [2.45, 2.75) is 32.5 Å². The van der Waals surface area contributed by atoms with E-state index in [0.717, 1.165) is 0 Å². The molecule has 1 N–H and O–H groups in total. The van der Waals surface area contributed by atoms with Crippen LogP contribution in [0, 0.1) is 0 Å². The second kappa shape index (κ2) is 5.05. The van der Waals surface area contributed by atoms with Gasteiger partial charge in [0.15, 0.2) is 0 Å². The Bertz CT molecular complexity index is 663. The molecule has 7 heteroatoms. The number of ether oxygens (including phenoxy) is 1. The fraction of sp³-hybridized carbons (Fsp3) is 0.429. The first-order valence-corrected chi connectivity index (χ1v) is 6.31. The van der Waals surface area contributed by atoms with E-state index < -0.39 is 17.5 Å². The van der Waals surface area contributed by atoms with E-state index in [2.05, 4.69) is 15.3 Å². The summed E-state index contributed by atoms with van der Waals surface area (Å²) in [7, 11) is 1.45. The van der Waals surface area contributed by atoms with Crippen molar-refractivity contribution in [2.24, 2.45) is 0 Å². The molecule has 114 valence electrons. The van der Waals surface area contributed by atoms with Gasteiger partial charge >= 0.3 is 6.18 Å². The van der Waals surface area contributed by atoms with Gasteiger partial charge in [0.05, 0.1) is 12.6 Å². The minimum atomic E-state index is -4.61. The molecule has 4 nitrogen and oxygen atoms in total. The molecule has 21 heavy (non-hydrogen) atoms. The van der Waals surface area contributed by atoms with Crippen LogP contribution in [0.25, 0.3) is 10.9 Å². The molecule has 1 aromatic carbocycles. The van der Waals surface area contributed by atoms with E-state index in [4.69, 9.17) is 4.74 Å². The Morgan fingerprint density at radius 2 is 1.76 bits per heavy atom. The summed E-state index contributed by atoms with van der Waals surface area (Å²) in [6.45, 7) is 5.53. The van der Waals surface area contributed by atoms with Crippen molar-refractivity contribution in [1.29, 1.82) is 0 Å². The SMILES string of the molecule is COc1ccc2c(NC(C)(C)C)nc(C(F)(F)F)nc2c1. The minimum Gasteiger partial charge on any atom is -0.497 e. The molecule has 0 spiro atoms. The minimum absolute atomic E-state index is 0.155. The van der Waals surface area contributed by atoms with Crippen LogP contribution in [0.2, 0.25) is 0 Å². The topological polar surface area (TPSA) is 47.0 Å². The quantitative estimate of drug-likeness (QED) is 0.914. The van der Waals surface area contributed by atoms with Crippen LogP contribution in [0.15, 0.2) is 18.2 Å². The van der Waals surface area contributed by atoms with Crippen molar-refractivity contribution in [3.63, 3.8) is 0 Å². The maximum absolute atomic E-state index is 12.9. The highest BCUT2D eigenvalue weighted by Gasteiger charge is 2.35. The second-order valence-electron chi connectivity index (χ2n) is 5.65. The van der Waals surface area contributed by atoms with Crippen molar-refractivity contribution in [2.75, 3.05) is 12.4 Å². The number of benzene rings is 1. The lowest BCUT2D eigenvalue weighted by Gasteiger charge is -2.23. The predicted octanol–water partition coefficient (Wildman–Crippen LogP) is 3.87. The maximum atomic E-state index is 12.9. The zero-order valence-corrected chi connectivity index (χ0v) is 12.2. The number of aromatic nitrogens is 2. The molecule has 2 aromatic rings. The van der Waals surface area contributed by atoms with Crippen molar-refractivity contribution < 1.29 is 17.9 Å². The monoisotopic (exact) mass is 299 g/mol. The van der Waals surface area contributed by atoms with Crippen LogP contribution in [0.1, 0.15) is 26.6 Å². The average Bonchev–Trinajstić information content (AvgIpc) is 2.34. The van der Waals surface area contributed by atoms with Crippen LogP contribution in [0.3, 0.4) is 0 Å². The number of nitrogens with zero attached hydrogens (tertiary/aromatic N) is 2. The van der Waals surface area contributed by atoms with E-state index >= 15 is 0 Å². The number of fused-ring (bicyclic) bond motifs is 1. The Labute approximate surface area is 120 Å². The van der Waals surface area contributed by atoms with Gasteiger partial charge in [0.1, 0.15) is 11.6 Å². The number of nitrogens with one attached hydrogen (secondary N) is 1. The maximum Gasteiger partial charge on any atom is 0.451 e. The standard InChI is InChI=1S/C14H16F3N3O/c1-13(2,3)20-11-9-6-5-8(21-4)7-10(9)18-12(19-11)14(15,16)17/h5-7H,1-4H3,(H,18,19,20). The highest BCUT2D eigenvalue weighted by Crippen LogP contribution is 2.32. The zero-order valence-electron chi connectivity index (χ0n) is 12.2. The van der Waals surface area contributed by atoms with Gasteiger partial charge in [-0.3, -0.25) is 0 Å². The Morgan fingerprint density at radius 1 is 1.10 bits per heavy atom. The molecular weight excluding hydrogens is 283 g/mol. The fourth-order valence-electron chi connectivity index (χ4n) is 1.81. The Kier molecular flexibility index (Phi) is 3.69. The molecule has 0 saturated heterocycles. The summed E-state index contributed by atoms with van der Waals surface area (Å²) in [4.78, 5) is 7.21. The summed E-state index contributed by atoms with van der Waals surface area (Å²) in [6, 6.07) is 4.76. The van der Waals surface area contributed by atoms with Gasteiger partial charge in [-0.05, 0) is 32.9 Å². The number of anilines is 1. The molecule has 0 aliphatic rings. The molecule has 1 aromatic heterocycles. The van der Waals surface area contributed by atoms with E-state index in [9.17, 15) is 13.2 Å². The molecule has 0 radical (unpaired) electrons. The van der Waals surface area contributed by atoms with E-state index in [1.165, 1.54) is 13.2 Å². The summed E-state index contributed by atoms with van der Waals surface area (Å²) in [5, 5.41) is 3.49. The zero-order chi connectivity index (χ0) is 15.8. The van der Waals surface area contributed by atoms with Crippen molar-refractivity contribution in [1.82, 2.24) is 9.97 Å². The van der Waals surface area contributed by atoms with Gasteiger partial charge in [0.2, 0.25) is 5.82 Å². The van der Waals surface area contributed by atoms with E-state index in [-0.39, 0.29) is 11.3 Å². The fourth-order valence-corrected chi connectivity index (χ4v) is 1.81. The second-order valence-corrected chi connectivity index (χ2v) is 5.65. The van der Waals surface area contributed by atoms with Crippen LogP contribution in [-0.2, 0) is 6.18 Å². The number of hydrogen-bond acceptors (Lipinski definition) is 4. The number of methoxy groups -OCH3 is 1. The van der Waals surface area contributed by atoms with E-state index in [1.807, 2.05) is 20.8 Å². The lowest BCUT2D eigenvalue weighted by atomic mass is 10.1. The normalized spacial score (nSPS) is 12.5. The Morgan fingerprint density at radius 3 is 2.29 bits per heavy atom. The van der Waals surface area contributed by atoms with E-state index in [0.29, 0.717) is 11.1 Å². The van der Waals surface area contributed by atoms with Crippen LogP contribution < -0.4 is 10.1 Å². The summed E-state index contributed by atoms with van der Waals surface area (Å²) in [5.41, 5.74) is -0.243. The molecule has 1 heterocycles. The molecule has 0 unspecified atom stereocenters. The number of alkyl halides is 3. The highest BCUT2D eigenvalue weighted by atomic mass is 19.4. The molecule has 0 aliphatic heterocycles. The van der Waals surface area contributed by atoms with Gasteiger partial charge in [-0.1, -0.05) is 0 Å². The summed E-state index contributed by atoms with van der Waals surface area (Å²) in [6.07, 6.45) is -4.61. The third-order valence-corrected chi connectivity index (χ3v) is 2.65. The van der Waals surface area contributed by atoms with Crippen molar-refractivity contribution in [3.8, 4) is 5.75 Å². The van der Waals surface area contributed by atoms with Gasteiger partial charge in [0.25, 0.3) is 0 Å². The molecule has 0 saturated carbocycles. The van der Waals surface area contributed by atoms with Gasteiger partial charge in [-0.15, -0.1) is 0 Å². The molecular formula is C14H16F3N3O. The Balaban J connectivity index is 2.69.